The van der Waals surface area contributed by atoms with Gasteiger partial charge in [0.25, 0.3) is 5.91 Å². The highest BCUT2D eigenvalue weighted by Crippen LogP contribution is 2.32. The van der Waals surface area contributed by atoms with E-state index < -0.39 is 15.1 Å². The zero-order valence-corrected chi connectivity index (χ0v) is 15.8. The molecule has 0 unspecified atom stereocenters. The topological polar surface area (TPSA) is 83.6 Å². The van der Waals surface area contributed by atoms with Crippen LogP contribution in [-0.4, -0.2) is 50.5 Å². The fourth-order valence-electron chi connectivity index (χ4n) is 2.95. The summed E-state index contributed by atoms with van der Waals surface area (Å²) in [5, 5.41) is 3.90. The molecule has 3 rings (SSSR count). The Bertz CT molecular complexity index is 864. The average molecular weight is 393 g/mol. The van der Waals surface area contributed by atoms with Crippen molar-refractivity contribution in [1.82, 2.24) is 10.2 Å². The molecule has 8 heteroatoms. The molecule has 1 fully saturated rings. The van der Waals surface area contributed by atoms with Gasteiger partial charge in [-0.1, -0.05) is 24.3 Å². The van der Waals surface area contributed by atoms with Crippen LogP contribution in [0.3, 0.4) is 0 Å². The first-order valence-electron chi connectivity index (χ1n) is 8.33. The number of amides is 2. The molecule has 1 atom stereocenters. The van der Waals surface area contributed by atoms with Gasteiger partial charge < -0.3 is 10.2 Å². The largest absolute Gasteiger partial charge is 0.343 e. The molecule has 1 aliphatic rings. The van der Waals surface area contributed by atoms with Crippen molar-refractivity contribution in [3.63, 3.8) is 0 Å². The molecule has 2 amide bonds. The van der Waals surface area contributed by atoms with Crippen molar-refractivity contribution in [2.45, 2.75) is 11.7 Å². The third-order valence-corrected chi connectivity index (χ3v) is 7.63. The minimum atomic E-state index is -3.29. The summed E-state index contributed by atoms with van der Waals surface area (Å²) in [6.45, 7) is 0.379. The van der Waals surface area contributed by atoms with Crippen molar-refractivity contribution in [3.8, 4) is 0 Å². The molecular formula is C18H20N2O4S2. The van der Waals surface area contributed by atoms with E-state index in [2.05, 4.69) is 5.32 Å². The first-order chi connectivity index (χ1) is 12.5. The predicted octanol–water partition coefficient (Wildman–Crippen LogP) is 1.87. The Morgan fingerprint density at radius 3 is 2.58 bits per heavy atom. The van der Waals surface area contributed by atoms with Crippen LogP contribution >= 0.6 is 11.3 Å². The first-order valence-corrected chi connectivity index (χ1v) is 10.9. The van der Waals surface area contributed by atoms with Crippen molar-refractivity contribution in [1.29, 1.82) is 0 Å². The van der Waals surface area contributed by atoms with Gasteiger partial charge in [-0.25, -0.2) is 8.42 Å². The van der Waals surface area contributed by atoms with Crippen LogP contribution in [-0.2, 0) is 14.6 Å². The van der Waals surface area contributed by atoms with Gasteiger partial charge in [-0.2, -0.15) is 0 Å². The molecule has 26 heavy (non-hydrogen) atoms. The Balaban J connectivity index is 1.60. The second-order valence-electron chi connectivity index (χ2n) is 6.09. The van der Waals surface area contributed by atoms with Crippen molar-refractivity contribution in [2.24, 2.45) is 0 Å². The molecule has 0 spiro atoms. The van der Waals surface area contributed by atoms with Crippen LogP contribution in [0.1, 0.15) is 26.9 Å². The van der Waals surface area contributed by atoms with Gasteiger partial charge in [0.1, 0.15) is 0 Å². The van der Waals surface area contributed by atoms with E-state index >= 15 is 0 Å². The second kappa shape index (κ2) is 8.01. The highest BCUT2D eigenvalue weighted by Gasteiger charge is 2.33. The Kier molecular flexibility index (Phi) is 5.73. The van der Waals surface area contributed by atoms with Crippen LogP contribution in [0, 0.1) is 0 Å². The molecule has 0 bridgehead atoms. The lowest BCUT2D eigenvalue weighted by molar-refractivity contribution is -0.129. The van der Waals surface area contributed by atoms with Crippen molar-refractivity contribution >= 4 is 33.0 Å². The van der Waals surface area contributed by atoms with Crippen molar-refractivity contribution < 1.29 is 18.0 Å². The number of nitrogens with zero attached hydrogens (tertiary/aromatic N) is 1. The lowest BCUT2D eigenvalue weighted by Crippen LogP contribution is -2.41. The molecule has 1 aromatic carbocycles. The van der Waals surface area contributed by atoms with Gasteiger partial charge in [0.15, 0.2) is 9.84 Å². The Hall–Kier alpha value is -2.19. The maximum atomic E-state index is 12.5. The lowest BCUT2D eigenvalue weighted by Gasteiger charge is -2.20. The van der Waals surface area contributed by atoms with E-state index in [1.165, 1.54) is 16.2 Å². The molecule has 138 valence electrons. The van der Waals surface area contributed by atoms with Crippen LogP contribution in [0.2, 0.25) is 0 Å². The first kappa shape index (κ1) is 18.6. The molecule has 1 aromatic heterocycles. The number of sulfone groups is 1. The molecule has 2 aromatic rings. The van der Waals surface area contributed by atoms with Crippen LogP contribution in [0.4, 0.5) is 0 Å². The van der Waals surface area contributed by atoms with E-state index in [1.807, 2.05) is 23.6 Å². The number of carbonyl (C=O) groups is 2. The molecule has 0 saturated carbocycles. The second-order valence-corrected chi connectivity index (χ2v) is 9.37. The molecule has 0 radical (unpaired) electrons. The Morgan fingerprint density at radius 2 is 1.88 bits per heavy atom. The number of hydrogen-bond acceptors (Lipinski definition) is 5. The number of rotatable bonds is 4. The van der Waals surface area contributed by atoms with Crippen LogP contribution in [0.5, 0.6) is 0 Å². The van der Waals surface area contributed by atoms with E-state index in [0.29, 0.717) is 18.5 Å². The summed E-state index contributed by atoms with van der Waals surface area (Å²) >= 11 is 1.42. The summed E-state index contributed by atoms with van der Waals surface area (Å²) in [4.78, 5) is 26.8. The molecule has 1 aliphatic heterocycles. The molecule has 0 aliphatic carbocycles. The zero-order chi connectivity index (χ0) is 18.6. The molecular weight excluding hydrogens is 372 g/mol. The van der Waals surface area contributed by atoms with E-state index in [0.717, 1.165) is 4.88 Å². The summed E-state index contributed by atoms with van der Waals surface area (Å²) in [6.07, 6.45) is 0.376. The molecule has 6 nitrogen and oxygen atoms in total. The fraction of sp³-hybridized carbons (Fsp3) is 0.333. The van der Waals surface area contributed by atoms with Crippen molar-refractivity contribution in [3.05, 3.63) is 58.3 Å². The molecule has 1 saturated heterocycles. The summed E-state index contributed by atoms with van der Waals surface area (Å²) in [5.41, 5.74) is 0.483. The normalized spacial score (nSPS) is 19.5. The Labute approximate surface area is 156 Å². The monoisotopic (exact) mass is 392 g/mol. The SMILES string of the molecule is O=C(NCC(=O)N1CC[C@@H](c2cccs2)S(=O)(=O)CC1)c1ccccc1. The number of nitrogens with one attached hydrogen (secondary N) is 1. The minimum Gasteiger partial charge on any atom is -0.343 e. The van der Waals surface area contributed by atoms with Crippen LogP contribution < -0.4 is 5.32 Å². The van der Waals surface area contributed by atoms with Gasteiger partial charge in [0, 0.05) is 23.5 Å². The summed E-state index contributed by atoms with van der Waals surface area (Å²) in [5.74, 6) is -0.650. The number of carbonyl (C=O) groups excluding carboxylic acids is 2. The number of hydrogen-bond donors (Lipinski definition) is 1. The van der Waals surface area contributed by atoms with Gasteiger partial charge in [0.05, 0.1) is 17.5 Å². The van der Waals surface area contributed by atoms with E-state index in [1.54, 1.807) is 24.3 Å². The van der Waals surface area contributed by atoms with E-state index in [4.69, 9.17) is 0 Å². The van der Waals surface area contributed by atoms with Gasteiger partial charge >= 0.3 is 0 Å². The standard InChI is InChI=1S/C18H20N2O4S2/c21-17(13-19-18(22)14-5-2-1-3-6-14)20-9-8-16(15-7-4-11-25-15)26(23,24)12-10-20/h1-7,11,16H,8-10,12-13H2,(H,19,22)/t16-/m0/s1. The molecule has 1 N–H and O–H groups in total. The van der Waals surface area contributed by atoms with Gasteiger partial charge in [0.2, 0.25) is 5.91 Å². The van der Waals surface area contributed by atoms with E-state index in [9.17, 15) is 18.0 Å². The van der Waals surface area contributed by atoms with Gasteiger partial charge in [-0.3, -0.25) is 9.59 Å². The van der Waals surface area contributed by atoms with Gasteiger partial charge in [-0.15, -0.1) is 11.3 Å². The smallest absolute Gasteiger partial charge is 0.251 e. The third kappa shape index (κ3) is 4.31. The quantitative estimate of drug-likeness (QED) is 0.861. The highest BCUT2D eigenvalue weighted by atomic mass is 32.2. The number of benzene rings is 1. The summed E-state index contributed by atoms with van der Waals surface area (Å²) in [6, 6.07) is 12.3. The Morgan fingerprint density at radius 1 is 1.12 bits per heavy atom. The maximum Gasteiger partial charge on any atom is 0.251 e. The molecule has 2 heterocycles. The van der Waals surface area contributed by atoms with Gasteiger partial charge in [-0.05, 0) is 30.0 Å². The lowest BCUT2D eigenvalue weighted by atomic mass is 10.2. The fourth-order valence-corrected chi connectivity index (χ4v) is 5.95. The van der Waals surface area contributed by atoms with E-state index in [-0.39, 0.29) is 30.7 Å². The highest BCUT2D eigenvalue weighted by molar-refractivity contribution is 7.91. The minimum absolute atomic E-state index is 0.0616. The average Bonchev–Trinajstić information content (AvgIpc) is 3.11. The zero-order valence-electron chi connectivity index (χ0n) is 14.1. The van der Waals surface area contributed by atoms with Crippen molar-refractivity contribution in [2.75, 3.05) is 25.4 Å². The predicted molar refractivity (Wildman–Crippen MR) is 101 cm³/mol. The third-order valence-electron chi connectivity index (χ3n) is 4.39. The number of thiophene rings is 1. The van der Waals surface area contributed by atoms with Crippen LogP contribution in [0.15, 0.2) is 47.8 Å². The summed E-state index contributed by atoms with van der Waals surface area (Å²) < 4.78 is 25.0. The summed E-state index contributed by atoms with van der Waals surface area (Å²) in [7, 11) is -3.29. The maximum absolute atomic E-state index is 12.5. The van der Waals surface area contributed by atoms with Crippen LogP contribution in [0.25, 0.3) is 0 Å².